The van der Waals surface area contributed by atoms with E-state index in [0.717, 1.165) is 25.7 Å². The van der Waals surface area contributed by atoms with Crippen molar-refractivity contribution >= 4 is 17.7 Å². The third kappa shape index (κ3) is 5.84. The predicted octanol–water partition coefficient (Wildman–Crippen LogP) is 2.42. The molecule has 0 bridgehead atoms. The summed E-state index contributed by atoms with van der Waals surface area (Å²) in [6.45, 7) is 7.08. The van der Waals surface area contributed by atoms with Crippen molar-refractivity contribution in [3.63, 3.8) is 0 Å². The number of rotatable bonds is 7. The Hall–Kier alpha value is -1.20. The minimum atomic E-state index is 0.692. The molecule has 0 amide bonds. The number of thioether (sulfide) groups is 1. The summed E-state index contributed by atoms with van der Waals surface area (Å²) in [7, 11) is 1.78. The first kappa shape index (κ1) is 16.9. The lowest BCUT2D eigenvalue weighted by atomic mass is 10.1. The van der Waals surface area contributed by atoms with Gasteiger partial charge < -0.3 is 15.4 Å². The van der Waals surface area contributed by atoms with Crippen LogP contribution >= 0.6 is 11.8 Å². The van der Waals surface area contributed by atoms with Crippen molar-refractivity contribution in [1.82, 2.24) is 10.6 Å². The molecule has 1 aromatic carbocycles. The standard InChI is InChI=1S/C15H25N3OS/c1-5-19-9-8-17-15(16-3)18-11-13-7-6-12(2)10-14(13)20-4/h6-7,10H,5,8-9,11H2,1-4H3,(H2,16,17,18). The summed E-state index contributed by atoms with van der Waals surface area (Å²) in [6, 6.07) is 6.52. The van der Waals surface area contributed by atoms with Crippen LogP contribution < -0.4 is 10.6 Å². The first-order valence-electron chi connectivity index (χ1n) is 6.87. The van der Waals surface area contributed by atoms with E-state index in [-0.39, 0.29) is 0 Å². The Morgan fingerprint density at radius 1 is 1.35 bits per heavy atom. The summed E-state index contributed by atoms with van der Waals surface area (Å²) in [5.74, 6) is 0.803. The molecule has 4 nitrogen and oxygen atoms in total. The van der Waals surface area contributed by atoms with Gasteiger partial charge in [0.25, 0.3) is 0 Å². The van der Waals surface area contributed by atoms with E-state index in [2.05, 4.69) is 47.0 Å². The Morgan fingerprint density at radius 2 is 2.15 bits per heavy atom. The van der Waals surface area contributed by atoms with Crippen LogP contribution in [-0.4, -0.2) is 39.0 Å². The molecule has 20 heavy (non-hydrogen) atoms. The zero-order chi connectivity index (χ0) is 14.8. The number of guanidine groups is 1. The highest BCUT2D eigenvalue weighted by atomic mass is 32.2. The van der Waals surface area contributed by atoms with Gasteiger partial charge in [0.1, 0.15) is 0 Å². The second-order valence-corrected chi connectivity index (χ2v) is 5.21. The smallest absolute Gasteiger partial charge is 0.191 e. The normalized spacial score (nSPS) is 11.5. The van der Waals surface area contributed by atoms with Gasteiger partial charge in [-0.15, -0.1) is 11.8 Å². The number of hydrogen-bond acceptors (Lipinski definition) is 3. The van der Waals surface area contributed by atoms with Crippen molar-refractivity contribution in [2.45, 2.75) is 25.3 Å². The van der Waals surface area contributed by atoms with Gasteiger partial charge in [0.2, 0.25) is 0 Å². The van der Waals surface area contributed by atoms with E-state index in [4.69, 9.17) is 4.74 Å². The molecule has 1 aromatic rings. The first-order valence-corrected chi connectivity index (χ1v) is 8.09. The molecule has 0 saturated heterocycles. The molecule has 0 heterocycles. The molecule has 0 spiro atoms. The Kier molecular flexibility index (Phi) is 8.14. The fraction of sp³-hybridized carbons (Fsp3) is 0.533. The molecule has 0 fully saturated rings. The van der Waals surface area contributed by atoms with Crippen LogP contribution in [0, 0.1) is 6.92 Å². The van der Waals surface area contributed by atoms with Gasteiger partial charge >= 0.3 is 0 Å². The van der Waals surface area contributed by atoms with E-state index < -0.39 is 0 Å². The van der Waals surface area contributed by atoms with E-state index in [0.29, 0.717) is 6.61 Å². The van der Waals surface area contributed by atoms with Gasteiger partial charge in [0, 0.05) is 31.6 Å². The van der Waals surface area contributed by atoms with Crippen LogP contribution in [0.2, 0.25) is 0 Å². The van der Waals surface area contributed by atoms with E-state index in [1.54, 1.807) is 18.8 Å². The Bertz CT molecular complexity index is 435. The molecular weight excluding hydrogens is 270 g/mol. The fourth-order valence-corrected chi connectivity index (χ4v) is 2.49. The summed E-state index contributed by atoms with van der Waals surface area (Å²) >= 11 is 1.77. The molecule has 0 aliphatic rings. The van der Waals surface area contributed by atoms with Crippen LogP contribution in [0.3, 0.4) is 0 Å². The van der Waals surface area contributed by atoms with Gasteiger partial charge in [-0.1, -0.05) is 12.1 Å². The molecule has 5 heteroatoms. The van der Waals surface area contributed by atoms with E-state index in [9.17, 15) is 0 Å². The van der Waals surface area contributed by atoms with E-state index >= 15 is 0 Å². The molecule has 0 atom stereocenters. The molecule has 0 aromatic heterocycles. The lowest BCUT2D eigenvalue weighted by molar-refractivity contribution is 0.152. The maximum Gasteiger partial charge on any atom is 0.191 e. The van der Waals surface area contributed by atoms with Gasteiger partial charge in [0.15, 0.2) is 5.96 Å². The second kappa shape index (κ2) is 9.66. The van der Waals surface area contributed by atoms with Crippen LogP contribution in [0.1, 0.15) is 18.1 Å². The van der Waals surface area contributed by atoms with Crippen LogP contribution in [-0.2, 0) is 11.3 Å². The van der Waals surface area contributed by atoms with Crippen LogP contribution in [0.15, 0.2) is 28.1 Å². The number of ether oxygens (including phenoxy) is 1. The quantitative estimate of drug-likeness (QED) is 0.351. The molecule has 0 aliphatic heterocycles. The topological polar surface area (TPSA) is 45.6 Å². The van der Waals surface area contributed by atoms with Gasteiger partial charge in [0.05, 0.1) is 6.61 Å². The summed E-state index contributed by atoms with van der Waals surface area (Å²) in [5, 5.41) is 6.56. The van der Waals surface area contributed by atoms with E-state index in [1.807, 2.05) is 6.92 Å². The van der Waals surface area contributed by atoms with E-state index in [1.165, 1.54) is 16.0 Å². The zero-order valence-corrected chi connectivity index (χ0v) is 13.6. The van der Waals surface area contributed by atoms with Crippen molar-refractivity contribution in [3.05, 3.63) is 29.3 Å². The maximum atomic E-state index is 5.29. The second-order valence-electron chi connectivity index (χ2n) is 4.36. The highest BCUT2D eigenvalue weighted by Crippen LogP contribution is 2.21. The largest absolute Gasteiger partial charge is 0.380 e. The summed E-state index contributed by atoms with van der Waals surface area (Å²) < 4.78 is 5.29. The molecule has 0 unspecified atom stereocenters. The third-order valence-electron chi connectivity index (χ3n) is 2.86. The van der Waals surface area contributed by atoms with Crippen molar-refractivity contribution in [2.75, 3.05) is 33.1 Å². The summed E-state index contributed by atoms with van der Waals surface area (Å²) in [6.07, 6.45) is 2.10. The SMILES string of the molecule is CCOCCNC(=NC)NCc1ccc(C)cc1SC. The number of benzene rings is 1. The van der Waals surface area contributed by atoms with Gasteiger partial charge in [-0.3, -0.25) is 4.99 Å². The van der Waals surface area contributed by atoms with Crippen molar-refractivity contribution in [2.24, 2.45) is 4.99 Å². The van der Waals surface area contributed by atoms with Crippen LogP contribution in [0.25, 0.3) is 0 Å². The lowest BCUT2D eigenvalue weighted by Crippen LogP contribution is -2.38. The Morgan fingerprint density at radius 3 is 2.80 bits per heavy atom. The minimum absolute atomic E-state index is 0.692. The summed E-state index contributed by atoms with van der Waals surface area (Å²) in [4.78, 5) is 5.51. The third-order valence-corrected chi connectivity index (χ3v) is 3.68. The van der Waals surface area contributed by atoms with Gasteiger partial charge in [-0.2, -0.15) is 0 Å². The van der Waals surface area contributed by atoms with Gasteiger partial charge in [-0.05, 0) is 37.3 Å². The van der Waals surface area contributed by atoms with Crippen molar-refractivity contribution in [3.8, 4) is 0 Å². The predicted molar refractivity (Wildman–Crippen MR) is 87.7 cm³/mol. The average molecular weight is 295 g/mol. The van der Waals surface area contributed by atoms with Crippen LogP contribution in [0.5, 0.6) is 0 Å². The fourth-order valence-electron chi connectivity index (χ4n) is 1.78. The highest BCUT2D eigenvalue weighted by Gasteiger charge is 2.03. The van der Waals surface area contributed by atoms with Crippen LogP contribution in [0.4, 0.5) is 0 Å². The monoisotopic (exact) mass is 295 g/mol. The molecule has 112 valence electrons. The zero-order valence-electron chi connectivity index (χ0n) is 12.8. The molecule has 1 rings (SSSR count). The number of nitrogens with one attached hydrogen (secondary N) is 2. The number of nitrogens with zero attached hydrogens (tertiary/aromatic N) is 1. The molecule has 0 radical (unpaired) electrons. The van der Waals surface area contributed by atoms with Crippen molar-refractivity contribution in [1.29, 1.82) is 0 Å². The average Bonchev–Trinajstić information content (AvgIpc) is 2.47. The highest BCUT2D eigenvalue weighted by molar-refractivity contribution is 7.98. The Labute approximate surface area is 126 Å². The summed E-state index contributed by atoms with van der Waals surface area (Å²) in [5.41, 5.74) is 2.58. The minimum Gasteiger partial charge on any atom is -0.380 e. The molecule has 0 aliphatic carbocycles. The molecule has 0 saturated carbocycles. The molecular formula is C15H25N3OS. The number of hydrogen-bond donors (Lipinski definition) is 2. The lowest BCUT2D eigenvalue weighted by Gasteiger charge is -2.14. The maximum absolute atomic E-state index is 5.29. The number of aryl methyl sites for hydroxylation is 1. The first-order chi connectivity index (χ1) is 9.71. The van der Waals surface area contributed by atoms with Crippen molar-refractivity contribution < 1.29 is 4.74 Å². The number of aliphatic imine (C=N–C) groups is 1. The Balaban J connectivity index is 2.48. The molecule has 2 N–H and O–H groups in total. The van der Waals surface area contributed by atoms with Gasteiger partial charge in [-0.25, -0.2) is 0 Å².